The molecule has 6 aliphatic carbocycles. The van der Waals surface area contributed by atoms with Crippen LogP contribution in [0.25, 0.3) is 0 Å². The first-order valence-corrected chi connectivity index (χ1v) is 27.8. The maximum Gasteiger partial charge on any atom is 0.226 e. The van der Waals surface area contributed by atoms with Crippen molar-refractivity contribution < 1.29 is 29.1 Å². The van der Waals surface area contributed by atoms with Gasteiger partial charge in [0.2, 0.25) is 11.8 Å². The van der Waals surface area contributed by atoms with E-state index < -0.39 is 0 Å². The lowest BCUT2D eigenvalue weighted by Crippen LogP contribution is -2.44. The number of nitrogens with two attached hydrogens (primary N) is 2. The van der Waals surface area contributed by atoms with Gasteiger partial charge in [-0.15, -0.1) is 11.3 Å². The van der Waals surface area contributed by atoms with Crippen LogP contribution in [-0.2, 0) is 38.5 Å². The van der Waals surface area contributed by atoms with Crippen LogP contribution in [0.2, 0.25) is 0 Å². The Bertz CT molecular complexity index is 2530. The van der Waals surface area contributed by atoms with Gasteiger partial charge in [-0.1, -0.05) is 62.6 Å². The molecule has 2 aromatic carbocycles. The molecule has 0 radical (unpaired) electrons. The van der Waals surface area contributed by atoms with E-state index in [1.54, 1.807) is 33.7 Å². The maximum absolute atomic E-state index is 12.8. The van der Waals surface area contributed by atoms with E-state index in [9.17, 15) is 14.7 Å². The average Bonchev–Trinajstić information content (AvgIpc) is 3.99. The third kappa shape index (κ3) is 11.0. The lowest BCUT2D eigenvalue weighted by Gasteiger charge is -2.50. The van der Waals surface area contributed by atoms with Gasteiger partial charge in [0.05, 0.1) is 18.5 Å². The van der Waals surface area contributed by atoms with Crippen LogP contribution >= 0.6 is 11.3 Å². The second-order valence-corrected chi connectivity index (χ2v) is 24.1. The number of phenols is 1. The Balaban J connectivity index is 0.000000188. The number of oxime groups is 2. The predicted molar refractivity (Wildman–Crippen MR) is 292 cm³/mol. The van der Waals surface area contributed by atoms with Crippen molar-refractivity contribution >= 4 is 39.7 Å². The fourth-order valence-electron chi connectivity index (χ4n) is 14.9. The van der Waals surface area contributed by atoms with Crippen molar-refractivity contribution in [3.63, 3.8) is 0 Å². The Morgan fingerprint density at radius 2 is 1.44 bits per heavy atom. The molecule has 6 N–H and O–H groups in total. The van der Waals surface area contributed by atoms with Gasteiger partial charge in [-0.05, 0) is 216 Å². The van der Waals surface area contributed by atoms with Crippen molar-refractivity contribution in [3.8, 4) is 11.5 Å². The monoisotopic (exact) mass is 1010 g/mol. The Kier molecular flexibility index (Phi) is 17.6. The zero-order chi connectivity index (χ0) is 52.2. The van der Waals surface area contributed by atoms with Crippen LogP contribution in [0.3, 0.4) is 0 Å². The van der Waals surface area contributed by atoms with E-state index in [1.807, 2.05) is 20.8 Å². The number of benzene rings is 2. The summed E-state index contributed by atoms with van der Waals surface area (Å²) in [5.41, 5.74) is 23.6. The molecule has 10 unspecified atom stereocenters. The van der Waals surface area contributed by atoms with Crippen LogP contribution < -0.4 is 21.5 Å². The molecule has 1 aromatic heterocycles. The van der Waals surface area contributed by atoms with Crippen molar-refractivity contribution in [3.05, 3.63) is 80.0 Å². The molecule has 0 spiro atoms. The Morgan fingerprint density at radius 1 is 0.875 bits per heavy atom. The number of nitrogens with zero attached hydrogens (tertiary/aromatic N) is 3. The number of ether oxygens (including phenoxy) is 1. The number of allylic oxidation sites excluding steroid dienone is 1. The van der Waals surface area contributed by atoms with Crippen molar-refractivity contribution in [1.82, 2.24) is 4.98 Å². The number of aromatic hydroxyl groups is 1. The number of hydrogen-bond donors (Lipinski definition) is 4. The number of anilines is 1. The van der Waals surface area contributed by atoms with E-state index in [-0.39, 0.29) is 22.6 Å². The molecular weight excluding hydrogens is 921 g/mol. The van der Waals surface area contributed by atoms with Crippen LogP contribution in [-0.4, -0.2) is 54.7 Å². The number of fused-ring (bicyclic) bond motifs is 10. The second-order valence-electron chi connectivity index (χ2n) is 22.8. The summed E-state index contributed by atoms with van der Waals surface area (Å²) in [7, 11) is 5.05. The first-order chi connectivity index (χ1) is 34.3. The molecule has 72 heavy (non-hydrogen) atoms. The Hall–Kier alpha value is -4.91. The lowest BCUT2D eigenvalue weighted by molar-refractivity contribution is -0.118. The van der Waals surface area contributed by atoms with Gasteiger partial charge in [-0.25, -0.2) is 4.98 Å². The van der Waals surface area contributed by atoms with Gasteiger partial charge in [0.25, 0.3) is 0 Å². The number of carbonyl (C=O) groups is 2. The summed E-state index contributed by atoms with van der Waals surface area (Å²) in [6, 6.07) is 6.90. The number of carbonyl (C=O) groups excluding carboxylic acids is 2. The number of methoxy groups -OCH3 is 1. The number of aromatic nitrogens is 1. The highest BCUT2D eigenvalue weighted by molar-refractivity contribution is 7.15. The average molecular weight is 1010 g/mol. The van der Waals surface area contributed by atoms with Gasteiger partial charge in [-0.2, -0.15) is 0 Å². The number of primary amides is 1. The third-order valence-corrected chi connectivity index (χ3v) is 19.4. The molecule has 0 aliphatic heterocycles. The van der Waals surface area contributed by atoms with Crippen LogP contribution in [0.5, 0.6) is 11.5 Å². The molecule has 1 heterocycles. The Labute approximate surface area is 434 Å². The molecule has 3 aromatic rings. The predicted octanol–water partition coefficient (Wildman–Crippen LogP) is 12.4. The summed E-state index contributed by atoms with van der Waals surface area (Å²) in [5, 5.41) is 23.3. The fraction of sp³-hybridized carbons (Fsp3) is 0.644. The number of aryl methyl sites for hydroxylation is 4. The van der Waals surface area contributed by atoms with Crippen LogP contribution in [0, 0.1) is 73.0 Å². The summed E-state index contributed by atoms with van der Waals surface area (Å²) >= 11 is 1.52. The molecule has 10 atom stereocenters. The molecule has 12 nitrogen and oxygen atoms in total. The fourth-order valence-corrected chi connectivity index (χ4v) is 15.6. The molecule has 13 heteroatoms. The first-order valence-electron chi connectivity index (χ1n) is 26.9. The van der Waals surface area contributed by atoms with E-state index >= 15 is 0 Å². The number of hydrogen-bond acceptors (Lipinski definition) is 11. The third-order valence-electron chi connectivity index (χ3n) is 18.6. The molecule has 6 aliphatic rings. The van der Waals surface area contributed by atoms with Crippen LogP contribution in [0.1, 0.15) is 174 Å². The number of phenolic OH excluding ortho intramolecular Hbond substituents is 1. The van der Waals surface area contributed by atoms with Crippen LogP contribution in [0.4, 0.5) is 5.13 Å². The van der Waals surface area contributed by atoms with Gasteiger partial charge >= 0.3 is 0 Å². The van der Waals surface area contributed by atoms with E-state index in [1.165, 1.54) is 69.0 Å². The summed E-state index contributed by atoms with van der Waals surface area (Å²) in [5.74, 6) is 6.08. The molecule has 394 valence electrons. The lowest BCUT2D eigenvalue weighted by atomic mass is 9.53. The summed E-state index contributed by atoms with van der Waals surface area (Å²) in [4.78, 5) is 40.2. The van der Waals surface area contributed by atoms with Crippen molar-refractivity contribution in [2.45, 2.75) is 170 Å². The molecule has 4 fully saturated rings. The number of amides is 2. The number of rotatable bonds is 12. The number of thiazole rings is 1. The van der Waals surface area contributed by atoms with Gasteiger partial charge in [0.15, 0.2) is 5.13 Å². The van der Waals surface area contributed by atoms with E-state index in [0.717, 1.165) is 92.4 Å². The summed E-state index contributed by atoms with van der Waals surface area (Å²) in [6.07, 6.45) is 17.8. The summed E-state index contributed by atoms with van der Waals surface area (Å²) < 4.78 is 5.62. The zero-order valence-electron chi connectivity index (χ0n) is 45.6. The van der Waals surface area contributed by atoms with Crippen molar-refractivity contribution in [2.24, 2.45) is 74.0 Å². The highest BCUT2D eigenvalue weighted by Gasteiger charge is 2.59. The maximum atomic E-state index is 12.8. The molecule has 4 saturated carbocycles. The standard InChI is InChI=1S/C28H37N3O3S.C25H36N2O3.C6H13N/c1-16-12-22-18(13-23(16)33-4)6-8-21-20(22)10-11-28(3)24(31-34-5)14-19(26(21)28)7-9-25(32)30-27-29-15-17(2)35-27;1-5-16-17-7-8-19-18(20(17)12-14(2)24(16)29)10-11-25(3)21(27-30-4)13-15(23(19)25)6-9-22(26)28;1-5(2)6(3)4-7/h12-13,15,19-21,26H,6-11,14H2,1-5H3,(H,29,30,32);12,15,18-19,23,29H,5-11,13H2,1-4H3,(H2,26,28);4-5H,7H2,1-3H3/b31-24+;27-21+;6-4-. The van der Waals surface area contributed by atoms with Gasteiger partial charge in [0, 0.05) is 34.7 Å². The quantitative estimate of drug-likeness (QED) is 0.129. The number of nitrogens with one attached hydrogen (secondary N) is 1. The van der Waals surface area contributed by atoms with Crippen LogP contribution in [0.15, 0.2) is 46.5 Å². The second kappa shape index (κ2) is 23.1. The Morgan fingerprint density at radius 3 is 1.94 bits per heavy atom. The van der Waals surface area contributed by atoms with Gasteiger partial charge in [0.1, 0.15) is 25.7 Å². The SMILES string of the molecule is C/C(=C/N)C(C)C.CCc1c(O)c(C)cc2c1CCC1C2CCC2(C)/C(=N/OC)CC(CCC(N)=O)C12.CO/N=C1\CC(CCC(=O)Nc2ncc(C)s2)C2C3CCc4cc(OC)c(C)cc4C3CCC12C. The normalized spacial score (nSPS) is 30.0. The minimum absolute atomic E-state index is 0.0382. The highest BCUT2D eigenvalue weighted by Crippen LogP contribution is 2.64. The zero-order valence-corrected chi connectivity index (χ0v) is 46.4. The van der Waals surface area contributed by atoms with Crippen molar-refractivity contribution in [1.29, 1.82) is 0 Å². The van der Waals surface area contributed by atoms with E-state index in [4.69, 9.17) is 25.9 Å². The molecule has 2 amide bonds. The highest BCUT2D eigenvalue weighted by atomic mass is 32.1. The largest absolute Gasteiger partial charge is 0.507 e. The molecule has 9 rings (SSSR count). The smallest absolute Gasteiger partial charge is 0.226 e. The van der Waals surface area contributed by atoms with Gasteiger partial charge in [-0.3, -0.25) is 9.59 Å². The molecule has 0 saturated heterocycles. The molecule has 0 bridgehead atoms. The summed E-state index contributed by atoms with van der Waals surface area (Å²) in [6.45, 7) is 19.4. The van der Waals surface area contributed by atoms with E-state index in [0.29, 0.717) is 77.0 Å². The van der Waals surface area contributed by atoms with Gasteiger partial charge < -0.3 is 36.3 Å². The van der Waals surface area contributed by atoms with E-state index in [2.05, 4.69) is 80.4 Å². The first kappa shape index (κ1) is 54.9. The van der Waals surface area contributed by atoms with Crippen molar-refractivity contribution in [2.75, 3.05) is 26.6 Å². The topological polar surface area (TPSA) is 184 Å². The minimum Gasteiger partial charge on any atom is -0.507 e. The molecular formula is C59H86N6O6S. The minimum atomic E-state index is -0.214.